The molecule has 0 unspecified atom stereocenters. The maximum atomic E-state index is 13.1. The first-order valence-electron chi connectivity index (χ1n) is 9.61. The van der Waals surface area contributed by atoms with E-state index in [2.05, 4.69) is 36.4 Å². The first-order chi connectivity index (χ1) is 14.2. The van der Waals surface area contributed by atoms with Crippen LogP contribution in [-0.4, -0.2) is 10.5 Å². The summed E-state index contributed by atoms with van der Waals surface area (Å²) < 4.78 is 1.66. The van der Waals surface area contributed by atoms with Gasteiger partial charge in [-0.3, -0.25) is 9.36 Å². The highest BCUT2D eigenvalue weighted by atomic mass is 32.4. The second-order valence-corrected chi connectivity index (χ2v) is 11.6. The van der Waals surface area contributed by atoms with Gasteiger partial charge < -0.3 is 0 Å². The lowest BCUT2D eigenvalue weighted by molar-refractivity contribution is 0.0902. The summed E-state index contributed by atoms with van der Waals surface area (Å²) in [4.78, 5) is 13.1. The van der Waals surface area contributed by atoms with Crippen molar-refractivity contribution in [2.45, 2.75) is 12.1 Å². The van der Waals surface area contributed by atoms with Gasteiger partial charge >= 0.3 is 0 Å². The van der Waals surface area contributed by atoms with Crippen molar-refractivity contribution in [3.8, 4) is 0 Å². The molecule has 144 valence electrons. The second kappa shape index (κ2) is 8.73. The summed E-state index contributed by atoms with van der Waals surface area (Å²) in [6.07, 6.45) is 3.97. The molecule has 0 fully saturated rings. The lowest BCUT2D eigenvalue weighted by Gasteiger charge is -2.32. The number of hydrogen-bond acceptors (Lipinski definition) is 2. The topological polar surface area (TPSA) is 22.0 Å². The van der Waals surface area contributed by atoms with Crippen LogP contribution >= 0.6 is 6.04 Å². The summed E-state index contributed by atoms with van der Waals surface area (Å²) in [5, 5.41) is 2.27. The van der Waals surface area contributed by atoms with Crippen LogP contribution in [0.15, 0.2) is 116 Å². The number of benzene rings is 3. The highest BCUT2D eigenvalue weighted by molar-refractivity contribution is 8.22. The molecule has 3 aromatic carbocycles. The Hall–Kier alpha value is -2.74. The van der Waals surface area contributed by atoms with E-state index >= 15 is 0 Å². The van der Waals surface area contributed by atoms with Crippen LogP contribution in [0.2, 0.25) is 0 Å². The van der Waals surface area contributed by atoms with E-state index in [0.29, 0.717) is 6.42 Å². The van der Waals surface area contributed by atoms with E-state index < -0.39 is 6.04 Å². The van der Waals surface area contributed by atoms with E-state index in [4.69, 9.17) is 11.8 Å². The SMILES string of the molecule is O=C(C[C@@H](c1ccccc1)P(=S)(c1ccccc1)c1ccccc1)n1cccc1. The normalized spacial score (nSPS) is 12.4. The molecule has 0 amide bonds. The van der Waals surface area contributed by atoms with Crippen molar-refractivity contribution in [3.05, 3.63) is 121 Å². The maximum Gasteiger partial charge on any atom is 0.231 e. The number of carbonyl (C=O) groups excluding carboxylic acids is 1. The van der Waals surface area contributed by atoms with E-state index in [1.807, 2.05) is 66.7 Å². The zero-order valence-electron chi connectivity index (χ0n) is 16.0. The minimum absolute atomic E-state index is 0.0601. The van der Waals surface area contributed by atoms with Gasteiger partial charge in [-0.05, 0) is 28.3 Å². The lowest BCUT2D eigenvalue weighted by atomic mass is 10.1. The molecule has 2 nitrogen and oxygen atoms in total. The Labute approximate surface area is 176 Å². The van der Waals surface area contributed by atoms with Crippen LogP contribution in [0.25, 0.3) is 0 Å². The summed E-state index contributed by atoms with van der Waals surface area (Å²) in [5.41, 5.74) is 1.03. The lowest BCUT2D eigenvalue weighted by Crippen LogP contribution is -2.24. The Balaban J connectivity index is 1.89. The molecule has 0 aliphatic rings. The molecule has 0 radical (unpaired) electrons. The molecular formula is C25H22NOPS. The van der Waals surface area contributed by atoms with Gasteiger partial charge in [-0.1, -0.05) is 103 Å². The fourth-order valence-corrected chi connectivity index (χ4v) is 8.28. The Kier molecular flexibility index (Phi) is 5.89. The van der Waals surface area contributed by atoms with E-state index in [0.717, 1.165) is 16.2 Å². The molecule has 0 N–H and O–H groups in total. The molecular weight excluding hydrogens is 393 g/mol. The summed E-state index contributed by atoms with van der Waals surface area (Å²) in [7, 11) is 0. The minimum atomic E-state index is -2.31. The largest absolute Gasteiger partial charge is 0.295 e. The monoisotopic (exact) mass is 415 g/mol. The van der Waals surface area contributed by atoms with Crippen molar-refractivity contribution in [1.29, 1.82) is 0 Å². The van der Waals surface area contributed by atoms with Crippen molar-refractivity contribution in [1.82, 2.24) is 4.57 Å². The molecule has 0 bridgehead atoms. The van der Waals surface area contributed by atoms with Gasteiger partial charge in [0.2, 0.25) is 5.91 Å². The molecule has 4 rings (SSSR count). The van der Waals surface area contributed by atoms with Crippen LogP contribution in [0, 0.1) is 0 Å². The molecule has 0 saturated heterocycles. The van der Waals surface area contributed by atoms with Gasteiger partial charge in [-0.2, -0.15) is 0 Å². The fraction of sp³-hybridized carbons (Fsp3) is 0.0800. The first-order valence-corrected chi connectivity index (χ1v) is 12.5. The maximum absolute atomic E-state index is 13.1. The van der Waals surface area contributed by atoms with Gasteiger partial charge in [-0.25, -0.2) is 0 Å². The third kappa shape index (κ3) is 4.03. The zero-order valence-corrected chi connectivity index (χ0v) is 17.7. The Morgan fingerprint density at radius 1 is 0.724 bits per heavy atom. The van der Waals surface area contributed by atoms with Gasteiger partial charge in [0.15, 0.2) is 0 Å². The van der Waals surface area contributed by atoms with E-state index in [-0.39, 0.29) is 11.6 Å². The molecule has 1 aromatic heterocycles. The van der Waals surface area contributed by atoms with Crippen molar-refractivity contribution in [3.63, 3.8) is 0 Å². The third-order valence-corrected chi connectivity index (χ3v) is 10.7. The van der Waals surface area contributed by atoms with Crippen LogP contribution in [0.1, 0.15) is 22.4 Å². The van der Waals surface area contributed by atoms with Gasteiger partial charge in [0.05, 0.1) is 0 Å². The molecule has 0 aliphatic heterocycles. The number of hydrogen-bond donors (Lipinski definition) is 0. The smallest absolute Gasteiger partial charge is 0.231 e. The van der Waals surface area contributed by atoms with Crippen LogP contribution in [0.5, 0.6) is 0 Å². The summed E-state index contributed by atoms with van der Waals surface area (Å²) in [6, 6.07) is 32.3. The molecule has 1 heterocycles. The summed E-state index contributed by atoms with van der Waals surface area (Å²) in [5.74, 6) is 0.0601. The standard InChI is InChI=1S/C25H22NOPS/c27-25(26-18-10-11-19-26)20-24(21-12-4-1-5-13-21)28(29,22-14-6-2-7-15-22)23-16-8-3-9-17-23/h1-19,24H,20H2/t24-/m0/s1. The van der Waals surface area contributed by atoms with Gasteiger partial charge in [-0.15, -0.1) is 0 Å². The van der Waals surface area contributed by atoms with E-state index in [1.54, 1.807) is 17.0 Å². The number of carbonyl (C=O) groups is 1. The number of aromatic nitrogens is 1. The van der Waals surface area contributed by atoms with E-state index in [9.17, 15) is 4.79 Å². The third-order valence-electron chi connectivity index (χ3n) is 5.16. The zero-order chi connectivity index (χ0) is 20.1. The van der Waals surface area contributed by atoms with Crippen molar-refractivity contribution < 1.29 is 4.79 Å². The molecule has 29 heavy (non-hydrogen) atoms. The van der Waals surface area contributed by atoms with Crippen molar-refractivity contribution in [2.24, 2.45) is 0 Å². The van der Waals surface area contributed by atoms with Crippen LogP contribution in [0.4, 0.5) is 0 Å². The Bertz CT molecular complexity index is 1070. The predicted octanol–water partition coefficient (Wildman–Crippen LogP) is 5.39. The average Bonchev–Trinajstić information content (AvgIpc) is 3.34. The van der Waals surface area contributed by atoms with Gasteiger partial charge in [0, 0.05) is 30.5 Å². The molecule has 0 spiro atoms. The van der Waals surface area contributed by atoms with Crippen LogP contribution in [0.3, 0.4) is 0 Å². The summed E-state index contributed by atoms with van der Waals surface area (Å²) in [6.45, 7) is 0. The van der Waals surface area contributed by atoms with Crippen LogP contribution < -0.4 is 10.6 Å². The molecule has 4 aromatic rings. The predicted molar refractivity (Wildman–Crippen MR) is 125 cm³/mol. The first kappa shape index (κ1) is 19.6. The van der Waals surface area contributed by atoms with Gasteiger partial charge in [0.1, 0.15) is 0 Å². The van der Waals surface area contributed by atoms with E-state index in [1.165, 1.54) is 0 Å². The minimum Gasteiger partial charge on any atom is -0.295 e. The molecule has 1 atom stereocenters. The van der Waals surface area contributed by atoms with Crippen LogP contribution in [-0.2, 0) is 11.8 Å². The molecule has 0 saturated carbocycles. The van der Waals surface area contributed by atoms with Crippen molar-refractivity contribution >= 4 is 34.4 Å². The second-order valence-electron chi connectivity index (χ2n) is 6.94. The fourth-order valence-electron chi connectivity index (χ4n) is 3.71. The summed E-state index contributed by atoms with van der Waals surface area (Å²) >= 11 is 6.54. The Morgan fingerprint density at radius 2 is 1.17 bits per heavy atom. The molecule has 4 heteroatoms. The number of nitrogens with zero attached hydrogens (tertiary/aromatic N) is 1. The van der Waals surface area contributed by atoms with Gasteiger partial charge in [0.25, 0.3) is 0 Å². The number of rotatable bonds is 6. The van der Waals surface area contributed by atoms with Crippen molar-refractivity contribution in [2.75, 3.05) is 0 Å². The highest BCUT2D eigenvalue weighted by Gasteiger charge is 2.35. The average molecular weight is 415 g/mol. The quantitative estimate of drug-likeness (QED) is 0.394. The highest BCUT2D eigenvalue weighted by Crippen LogP contribution is 2.59. The Morgan fingerprint density at radius 3 is 1.66 bits per heavy atom. The molecule has 0 aliphatic carbocycles.